The van der Waals surface area contributed by atoms with Crippen LogP contribution in [0.2, 0.25) is 0 Å². The van der Waals surface area contributed by atoms with Crippen molar-refractivity contribution in [2.45, 2.75) is 25.4 Å². The average Bonchev–Trinajstić information content (AvgIpc) is 2.90. The summed E-state index contributed by atoms with van der Waals surface area (Å²) in [6.45, 7) is 2.15. The lowest BCUT2D eigenvalue weighted by Crippen LogP contribution is -2.16. The maximum Gasteiger partial charge on any atom is 0.161 e. The van der Waals surface area contributed by atoms with Gasteiger partial charge in [-0.2, -0.15) is 0 Å². The molecule has 1 aromatic carbocycles. The predicted octanol–water partition coefficient (Wildman–Crippen LogP) is 1.75. The largest absolute Gasteiger partial charge is 0.493 e. The Labute approximate surface area is 108 Å². The number of benzene rings is 1. The lowest BCUT2D eigenvalue weighted by Gasteiger charge is -2.15. The van der Waals surface area contributed by atoms with Crippen LogP contribution in [0.15, 0.2) is 18.2 Å². The Hall–Kier alpha value is -1.26. The molecule has 0 spiro atoms. The molecule has 4 heteroatoms. The van der Waals surface area contributed by atoms with Gasteiger partial charge < -0.3 is 19.9 Å². The Balaban J connectivity index is 2.04. The van der Waals surface area contributed by atoms with E-state index in [2.05, 4.69) is 6.07 Å². The van der Waals surface area contributed by atoms with E-state index in [1.165, 1.54) is 5.56 Å². The zero-order chi connectivity index (χ0) is 12.8. The second kappa shape index (κ2) is 6.61. The Morgan fingerprint density at radius 2 is 2.28 bits per heavy atom. The molecule has 2 rings (SSSR count). The average molecular weight is 251 g/mol. The molecule has 0 amide bonds. The lowest BCUT2D eigenvalue weighted by atomic mass is 10.1. The van der Waals surface area contributed by atoms with Gasteiger partial charge in [-0.3, -0.25) is 0 Å². The fourth-order valence-corrected chi connectivity index (χ4v) is 2.06. The standard InChI is InChI=1S/C14H21NO3/c1-16-14-9-11(3-2-7-15)4-5-13(14)18-12-6-8-17-10-12/h4-5,9,12H,2-3,6-8,10,15H2,1H3. The van der Waals surface area contributed by atoms with Gasteiger partial charge >= 0.3 is 0 Å². The Bertz CT molecular complexity index is 375. The molecule has 1 atom stereocenters. The van der Waals surface area contributed by atoms with Gasteiger partial charge in [-0.25, -0.2) is 0 Å². The molecule has 0 aromatic heterocycles. The molecule has 4 nitrogen and oxygen atoms in total. The molecule has 1 unspecified atom stereocenters. The van der Waals surface area contributed by atoms with Crippen molar-refractivity contribution in [3.05, 3.63) is 23.8 Å². The highest BCUT2D eigenvalue weighted by atomic mass is 16.6. The minimum absolute atomic E-state index is 0.147. The maximum absolute atomic E-state index is 5.88. The van der Waals surface area contributed by atoms with Crippen LogP contribution in [-0.4, -0.2) is 33.0 Å². The van der Waals surface area contributed by atoms with E-state index in [0.29, 0.717) is 13.2 Å². The first-order valence-corrected chi connectivity index (χ1v) is 6.45. The summed E-state index contributed by atoms with van der Waals surface area (Å²) >= 11 is 0. The molecule has 0 bridgehead atoms. The predicted molar refractivity (Wildman–Crippen MR) is 70.2 cm³/mol. The number of methoxy groups -OCH3 is 1. The van der Waals surface area contributed by atoms with E-state index in [9.17, 15) is 0 Å². The first-order valence-electron chi connectivity index (χ1n) is 6.45. The van der Waals surface area contributed by atoms with Crippen molar-refractivity contribution in [3.63, 3.8) is 0 Å². The number of hydrogen-bond donors (Lipinski definition) is 1. The van der Waals surface area contributed by atoms with Gasteiger partial charge in [0.1, 0.15) is 6.10 Å². The van der Waals surface area contributed by atoms with Gasteiger partial charge in [0.2, 0.25) is 0 Å². The third-order valence-electron chi connectivity index (χ3n) is 3.08. The van der Waals surface area contributed by atoms with Crippen molar-refractivity contribution in [2.75, 3.05) is 26.9 Å². The normalized spacial score (nSPS) is 18.9. The number of ether oxygens (including phenoxy) is 3. The third kappa shape index (κ3) is 3.37. The summed E-state index contributed by atoms with van der Waals surface area (Å²) in [5.41, 5.74) is 6.74. The number of rotatable bonds is 6. The first-order chi connectivity index (χ1) is 8.83. The van der Waals surface area contributed by atoms with E-state index in [1.54, 1.807) is 7.11 Å². The van der Waals surface area contributed by atoms with Crippen molar-refractivity contribution >= 4 is 0 Å². The molecule has 1 aromatic rings. The number of hydrogen-bond acceptors (Lipinski definition) is 4. The van der Waals surface area contributed by atoms with Crippen LogP contribution in [0.3, 0.4) is 0 Å². The zero-order valence-corrected chi connectivity index (χ0v) is 10.9. The molecular formula is C14H21NO3. The second-order valence-electron chi connectivity index (χ2n) is 4.48. The molecular weight excluding hydrogens is 230 g/mol. The van der Waals surface area contributed by atoms with Crippen LogP contribution >= 0.6 is 0 Å². The van der Waals surface area contributed by atoms with Gasteiger partial charge in [0, 0.05) is 6.42 Å². The van der Waals surface area contributed by atoms with Crippen LogP contribution in [0.4, 0.5) is 0 Å². The minimum atomic E-state index is 0.147. The van der Waals surface area contributed by atoms with E-state index in [4.69, 9.17) is 19.9 Å². The topological polar surface area (TPSA) is 53.7 Å². The van der Waals surface area contributed by atoms with E-state index < -0.39 is 0 Å². The summed E-state index contributed by atoms with van der Waals surface area (Å²) in [6.07, 6.45) is 3.05. The van der Waals surface area contributed by atoms with E-state index in [1.807, 2.05) is 12.1 Å². The second-order valence-corrected chi connectivity index (χ2v) is 4.48. The third-order valence-corrected chi connectivity index (χ3v) is 3.08. The fraction of sp³-hybridized carbons (Fsp3) is 0.571. The number of nitrogens with two attached hydrogens (primary N) is 1. The molecule has 0 aliphatic carbocycles. The Kier molecular flexibility index (Phi) is 4.84. The van der Waals surface area contributed by atoms with Crippen LogP contribution < -0.4 is 15.2 Å². The van der Waals surface area contributed by atoms with Crippen LogP contribution in [-0.2, 0) is 11.2 Å². The smallest absolute Gasteiger partial charge is 0.161 e. The molecule has 1 fully saturated rings. The van der Waals surface area contributed by atoms with Crippen LogP contribution in [0.1, 0.15) is 18.4 Å². The summed E-state index contributed by atoms with van der Waals surface area (Å²) in [7, 11) is 1.67. The summed E-state index contributed by atoms with van der Waals surface area (Å²) in [6, 6.07) is 6.08. The highest BCUT2D eigenvalue weighted by molar-refractivity contribution is 5.43. The van der Waals surface area contributed by atoms with Crippen LogP contribution in [0, 0.1) is 0 Å². The van der Waals surface area contributed by atoms with Crippen molar-refractivity contribution in [2.24, 2.45) is 5.73 Å². The summed E-state index contributed by atoms with van der Waals surface area (Å²) < 4.78 is 16.6. The fourth-order valence-electron chi connectivity index (χ4n) is 2.06. The van der Waals surface area contributed by atoms with E-state index >= 15 is 0 Å². The summed E-state index contributed by atoms with van der Waals surface area (Å²) in [5, 5.41) is 0. The molecule has 1 saturated heterocycles. The zero-order valence-electron chi connectivity index (χ0n) is 10.9. The van der Waals surface area contributed by atoms with Gasteiger partial charge in [0.25, 0.3) is 0 Å². The van der Waals surface area contributed by atoms with Crippen LogP contribution in [0.5, 0.6) is 11.5 Å². The minimum Gasteiger partial charge on any atom is -0.493 e. The Morgan fingerprint density at radius 3 is 2.94 bits per heavy atom. The first kappa shape index (κ1) is 13.2. The van der Waals surface area contributed by atoms with Gasteiger partial charge in [0.15, 0.2) is 11.5 Å². The van der Waals surface area contributed by atoms with Crippen molar-refractivity contribution in [1.29, 1.82) is 0 Å². The number of aryl methyl sites for hydroxylation is 1. The molecule has 1 heterocycles. The SMILES string of the molecule is COc1cc(CCCN)ccc1OC1CCOC1. The van der Waals surface area contributed by atoms with Gasteiger partial charge in [0.05, 0.1) is 20.3 Å². The molecule has 2 N–H and O–H groups in total. The van der Waals surface area contributed by atoms with Crippen molar-refractivity contribution < 1.29 is 14.2 Å². The molecule has 0 radical (unpaired) electrons. The quantitative estimate of drug-likeness (QED) is 0.837. The highest BCUT2D eigenvalue weighted by Gasteiger charge is 2.19. The maximum atomic E-state index is 5.88. The lowest BCUT2D eigenvalue weighted by molar-refractivity contribution is 0.138. The molecule has 0 saturated carbocycles. The van der Waals surface area contributed by atoms with Crippen molar-refractivity contribution in [1.82, 2.24) is 0 Å². The molecule has 1 aliphatic heterocycles. The Morgan fingerprint density at radius 1 is 1.39 bits per heavy atom. The summed E-state index contributed by atoms with van der Waals surface area (Å²) in [5.74, 6) is 1.58. The van der Waals surface area contributed by atoms with Gasteiger partial charge in [-0.15, -0.1) is 0 Å². The van der Waals surface area contributed by atoms with E-state index in [-0.39, 0.29) is 6.10 Å². The molecule has 100 valence electrons. The van der Waals surface area contributed by atoms with Gasteiger partial charge in [-0.1, -0.05) is 6.07 Å². The van der Waals surface area contributed by atoms with E-state index in [0.717, 1.165) is 37.4 Å². The van der Waals surface area contributed by atoms with Crippen molar-refractivity contribution in [3.8, 4) is 11.5 Å². The molecule has 18 heavy (non-hydrogen) atoms. The molecule has 1 aliphatic rings. The van der Waals surface area contributed by atoms with Crippen LogP contribution in [0.25, 0.3) is 0 Å². The van der Waals surface area contributed by atoms with Gasteiger partial charge in [-0.05, 0) is 37.1 Å². The highest BCUT2D eigenvalue weighted by Crippen LogP contribution is 2.30. The summed E-state index contributed by atoms with van der Waals surface area (Å²) in [4.78, 5) is 0. The monoisotopic (exact) mass is 251 g/mol.